The van der Waals surface area contributed by atoms with Crippen LogP contribution in [0.15, 0.2) is 29.3 Å². The Bertz CT molecular complexity index is 687. The van der Waals surface area contributed by atoms with Gasteiger partial charge in [-0.2, -0.15) is 0 Å². The zero-order valence-corrected chi connectivity index (χ0v) is 14.1. The number of amides is 1. The van der Waals surface area contributed by atoms with E-state index in [0.29, 0.717) is 12.3 Å². The molecule has 1 N–H and O–H groups in total. The van der Waals surface area contributed by atoms with E-state index in [1.54, 1.807) is 0 Å². The van der Waals surface area contributed by atoms with Crippen molar-refractivity contribution in [1.29, 1.82) is 0 Å². The van der Waals surface area contributed by atoms with Crippen LogP contribution in [0.2, 0.25) is 0 Å². The predicted octanol–water partition coefficient (Wildman–Crippen LogP) is 2.58. The molecule has 6 heteroatoms. The number of fused-ring (bicyclic) bond motifs is 1. The van der Waals surface area contributed by atoms with Gasteiger partial charge in [0, 0.05) is 25.0 Å². The van der Waals surface area contributed by atoms with E-state index in [1.165, 1.54) is 11.8 Å². The largest absolute Gasteiger partial charge is 0.376 e. The molecule has 3 rings (SSSR count). The summed E-state index contributed by atoms with van der Waals surface area (Å²) < 4.78 is 5.51. The Kier molecular flexibility index (Phi) is 5.46. The number of rotatable bonds is 6. The van der Waals surface area contributed by atoms with Gasteiger partial charge in [-0.15, -0.1) is 0 Å². The van der Waals surface area contributed by atoms with Gasteiger partial charge in [0.15, 0.2) is 0 Å². The van der Waals surface area contributed by atoms with Crippen molar-refractivity contribution in [3.8, 4) is 0 Å². The molecular weight excluding hydrogens is 310 g/mol. The first-order valence-electron chi connectivity index (χ1n) is 8.03. The first kappa shape index (κ1) is 16.2. The van der Waals surface area contributed by atoms with Gasteiger partial charge in [-0.3, -0.25) is 4.79 Å². The monoisotopic (exact) mass is 331 g/mol. The number of para-hydroxylation sites is 1. The van der Waals surface area contributed by atoms with Crippen molar-refractivity contribution in [1.82, 2.24) is 15.3 Å². The van der Waals surface area contributed by atoms with E-state index in [0.717, 1.165) is 47.6 Å². The summed E-state index contributed by atoms with van der Waals surface area (Å²) in [4.78, 5) is 21.1. The molecule has 0 radical (unpaired) electrons. The lowest BCUT2D eigenvalue weighted by Crippen LogP contribution is -2.32. The summed E-state index contributed by atoms with van der Waals surface area (Å²) in [5, 5.41) is 4.82. The molecule has 1 saturated heterocycles. The fraction of sp³-hybridized carbons (Fsp3) is 0.471. The molecule has 0 spiro atoms. The quantitative estimate of drug-likeness (QED) is 0.651. The number of thioether (sulfide) groups is 1. The summed E-state index contributed by atoms with van der Waals surface area (Å²) in [7, 11) is 0. The zero-order valence-electron chi connectivity index (χ0n) is 13.2. The predicted molar refractivity (Wildman–Crippen MR) is 91.6 cm³/mol. The lowest BCUT2D eigenvalue weighted by atomic mass is 10.2. The van der Waals surface area contributed by atoms with Gasteiger partial charge in [0.25, 0.3) is 0 Å². The number of aromatic nitrogens is 2. The number of carbonyl (C=O) groups excluding carboxylic acids is 1. The Hall–Kier alpha value is -1.66. The molecule has 23 heavy (non-hydrogen) atoms. The van der Waals surface area contributed by atoms with Crippen LogP contribution in [0, 0.1) is 0 Å². The van der Waals surface area contributed by atoms with Crippen LogP contribution in [-0.2, 0) is 16.0 Å². The van der Waals surface area contributed by atoms with Gasteiger partial charge in [0.2, 0.25) is 5.91 Å². The van der Waals surface area contributed by atoms with Gasteiger partial charge in [0.1, 0.15) is 10.9 Å². The maximum atomic E-state index is 12.0. The highest BCUT2D eigenvalue weighted by molar-refractivity contribution is 8.00. The zero-order chi connectivity index (χ0) is 16.1. The van der Waals surface area contributed by atoms with E-state index >= 15 is 0 Å². The maximum absolute atomic E-state index is 12.0. The van der Waals surface area contributed by atoms with Crippen LogP contribution in [0.5, 0.6) is 0 Å². The summed E-state index contributed by atoms with van der Waals surface area (Å²) >= 11 is 1.47. The van der Waals surface area contributed by atoms with E-state index in [1.807, 2.05) is 31.2 Å². The first-order valence-corrected chi connectivity index (χ1v) is 9.01. The molecule has 1 aromatic heterocycles. The van der Waals surface area contributed by atoms with Crippen LogP contribution in [0.3, 0.4) is 0 Å². The third-order valence-electron chi connectivity index (χ3n) is 3.82. The summed E-state index contributed by atoms with van der Waals surface area (Å²) in [6, 6.07) is 7.93. The summed E-state index contributed by atoms with van der Waals surface area (Å²) in [5.74, 6) is 1.19. The number of hydrogen-bond donors (Lipinski definition) is 1. The molecule has 1 fully saturated rings. The number of aryl methyl sites for hydroxylation is 1. The fourth-order valence-corrected chi connectivity index (χ4v) is 3.45. The summed E-state index contributed by atoms with van der Waals surface area (Å²) in [5.41, 5.74) is 0.932. The molecule has 1 aromatic carbocycles. The van der Waals surface area contributed by atoms with Crippen LogP contribution in [0.4, 0.5) is 0 Å². The van der Waals surface area contributed by atoms with E-state index < -0.39 is 0 Å². The van der Waals surface area contributed by atoms with Crippen molar-refractivity contribution in [3.05, 3.63) is 30.1 Å². The van der Waals surface area contributed by atoms with E-state index in [9.17, 15) is 4.79 Å². The van der Waals surface area contributed by atoms with E-state index in [-0.39, 0.29) is 12.0 Å². The normalized spacial score (nSPS) is 17.5. The Morgan fingerprint density at radius 1 is 1.39 bits per heavy atom. The van der Waals surface area contributed by atoms with E-state index in [2.05, 4.69) is 15.3 Å². The third-order valence-corrected chi connectivity index (χ3v) is 4.81. The van der Waals surface area contributed by atoms with Crippen molar-refractivity contribution >= 4 is 28.6 Å². The molecule has 0 saturated carbocycles. The fourth-order valence-electron chi connectivity index (χ4n) is 2.58. The van der Waals surface area contributed by atoms with Gasteiger partial charge in [-0.1, -0.05) is 36.9 Å². The Balaban J connectivity index is 1.62. The highest BCUT2D eigenvalue weighted by atomic mass is 32.2. The topological polar surface area (TPSA) is 64.1 Å². The van der Waals surface area contributed by atoms with Crippen molar-refractivity contribution in [2.24, 2.45) is 0 Å². The first-order chi connectivity index (χ1) is 11.3. The SMILES string of the molecule is CCc1nc(SCC(=O)NCC2CCCO2)c2ccccc2n1. The maximum Gasteiger partial charge on any atom is 0.230 e. The number of nitrogens with one attached hydrogen (secondary N) is 1. The highest BCUT2D eigenvalue weighted by Crippen LogP contribution is 2.25. The molecular formula is C17H21N3O2S. The molecule has 1 aliphatic heterocycles. The molecule has 1 amide bonds. The molecule has 2 aromatic rings. The minimum absolute atomic E-state index is 0.0197. The van der Waals surface area contributed by atoms with Crippen LogP contribution in [-0.4, -0.2) is 40.9 Å². The molecule has 1 aliphatic rings. The molecule has 2 heterocycles. The van der Waals surface area contributed by atoms with Crippen LogP contribution in [0.1, 0.15) is 25.6 Å². The van der Waals surface area contributed by atoms with E-state index in [4.69, 9.17) is 4.74 Å². The molecule has 5 nitrogen and oxygen atoms in total. The van der Waals surface area contributed by atoms with Gasteiger partial charge in [0.05, 0.1) is 17.4 Å². The number of benzene rings is 1. The molecule has 0 bridgehead atoms. The van der Waals surface area contributed by atoms with Crippen molar-refractivity contribution in [2.45, 2.75) is 37.3 Å². The second-order valence-corrected chi connectivity index (χ2v) is 6.51. The van der Waals surface area contributed by atoms with Crippen LogP contribution >= 0.6 is 11.8 Å². The standard InChI is InChI=1S/C17H21N3O2S/c1-2-15-19-14-8-4-3-7-13(14)17(20-15)23-11-16(21)18-10-12-6-5-9-22-12/h3-4,7-8,12H,2,5-6,9-11H2,1H3,(H,18,21). The second-order valence-electron chi connectivity index (χ2n) is 5.54. The summed E-state index contributed by atoms with van der Waals surface area (Å²) in [6.45, 7) is 3.44. The van der Waals surface area contributed by atoms with Crippen LogP contribution in [0.25, 0.3) is 10.9 Å². The van der Waals surface area contributed by atoms with Crippen molar-refractivity contribution < 1.29 is 9.53 Å². The van der Waals surface area contributed by atoms with Gasteiger partial charge >= 0.3 is 0 Å². The van der Waals surface area contributed by atoms with Gasteiger partial charge < -0.3 is 10.1 Å². The average Bonchev–Trinajstić information content (AvgIpc) is 3.11. The minimum atomic E-state index is 0.0197. The molecule has 122 valence electrons. The van der Waals surface area contributed by atoms with Crippen molar-refractivity contribution in [3.63, 3.8) is 0 Å². The molecule has 1 unspecified atom stereocenters. The highest BCUT2D eigenvalue weighted by Gasteiger charge is 2.16. The Morgan fingerprint density at radius 2 is 2.26 bits per heavy atom. The molecule has 0 aliphatic carbocycles. The smallest absolute Gasteiger partial charge is 0.230 e. The molecule has 1 atom stereocenters. The lowest BCUT2D eigenvalue weighted by molar-refractivity contribution is -0.119. The second kappa shape index (κ2) is 7.75. The van der Waals surface area contributed by atoms with Crippen LogP contribution < -0.4 is 5.32 Å². The Morgan fingerprint density at radius 3 is 3.04 bits per heavy atom. The Labute approximate surface area is 140 Å². The van der Waals surface area contributed by atoms with Crippen molar-refractivity contribution in [2.75, 3.05) is 18.9 Å². The minimum Gasteiger partial charge on any atom is -0.376 e. The number of carbonyl (C=O) groups is 1. The number of ether oxygens (including phenoxy) is 1. The third kappa shape index (κ3) is 4.20. The average molecular weight is 331 g/mol. The number of nitrogens with zero attached hydrogens (tertiary/aromatic N) is 2. The van der Waals surface area contributed by atoms with Gasteiger partial charge in [-0.05, 0) is 18.9 Å². The van der Waals surface area contributed by atoms with Gasteiger partial charge in [-0.25, -0.2) is 9.97 Å². The lowest BCUT2D eigenvalue weighted by Gasteiger charge is -2.11. The summed E-state index contributed by atoms with van der Waals surface area (Å²) in [6.07, 6.45) is 3.07. The number of hydrogen-bond acceptors (Lipinski definition) is 5.